The van der Waals surface area contributed by atoms with Gasteiger partial charge in [-0.2, -0.15) is 0 Å². The summed E-state index contributed by atoms with van der Waals surface area (Å²) in [7, 11) is 0. The van der Waals surface area contributed by atoms with Crippen molar-refractivity contribution in [3.63, 3.8) is 0 Å². The quantitative estimate of drug-likeness (QED) is 0.264. The number of ether oxygens (including phenoxy) is 1. The van der Waals surface area contributed by atoms with Crippen LogP contribution >= 0.6 is 0 Å². The largest absolute Gasteiger partial charge is 0.494 e. The van der Waals surface area contributed by atoms with Gasteiger partial charge in [-0.3, -0.25) is 0 Å². The molecule has 1 aromatic rings. The average molecular weight is 435 g/mol. The van der Waals surface area contributed by atoms with E-state index in [0.717, 1.165) is 59.2 Å². The van der Waals surface area contributed by atoms with Crippen molar-refractivity contribution in [1.29, 1.82) is 0 Å². The van der Waals surface area contributed by atoms with Gasteiger partial charge in [-0.25, -0.2) is 0 Å². The molecule has 7 unspecified atom stereocenters. The maximum atomic E-state index is 5.59. The van der Waals surface area contributed by atoms with Crippen molar-refractivity contribution < 1.29 is 4.74 Å². The first-order valence-corrected chi connectivity index (χ1v) is 13.2. The molecule has 7 atom stereocenters. The highest BCUT2D eigenvalue weighted by atomic mass is 16.5. The Labute approximate surface area is 198 Å². The molecule has 0 saturated heterocycles. The molecule has 1 nitrogen and oxygen atoms in total. The molecule has 0 spiro atoms. The average Bonchev–Trinajstić information content (AvgIpc) is 3.05. The van der Waals surface area contributed by atoms with E-state index in [-0.39, 0.29) is 0 Å². The zero-order valence-corrected chi connectivity index (χ0v) is 21.7. The molecule has 0 N–H and O–H groups in total. The first-order chi connectivity index (χ1) is 15.4. The van der Waals surface area contributed by atoms with Crippen LogP contribution in [0.15, 0.2) is 54.3 Å². The number of rotatable bonds is 10. The van der Waals surface area contributed by atoms with Crippen LogP contribution in [0.2, 0.25) is 0 Å². The molecule has 0 heterocycles. The smallest absolute Gasteiger partial charge is 0.115 e. The Morgan fingerprint density at radius 2 is 1.50 bits per heavy atom. The van der Waals surface area contributed by atoms with Gasteiger partial charge in [-0.1, -0.05) is 84.4 Å². The standard InChI is InChI=1S/C31H46O/c1-9-13-26(18-20(5)23(8)32-12-4)25-16-14-24(15-17-25)19-29-22(7)30-28(11-3)27(10-2)21(6)31(29)30/h13-18,21-22,27-31H,8-12,19H2,1-7H3. The van der Waals surface area contributed by atoms with Crippen molar-refractivity contribution in [3.05, 3.63) is 65.5 Å². The van der Waals surface area contributed by atoms with Gasteiger partial charge in [-0.15, -0.1) is 0 Å². The molecular weight excluding hydrogens is 388 g/mol. The van der Waals surface area contributed by atoms with Crippen molar-refractivity contribution in [1.82, 2.24) is 0 Å². The van der Waals surface area contributed by atoms with Crippen molar-refractivity contribution in [2.24, 2.45) is 41.4 Å². The van der Waals surface area contributed by atoms with Crippen LogP contribution in [0.3, 0.4) is 0 Å². The maximum Gasteiger partial charge on any atom is 0.115 e. The minimum absolute atomic E-state index is 0.656. The van der Waals surface area contributed by atoms with Gasteiger partial charge in [0, 0.05) is 0 Å². The molecule has 0 aromatic heterocycles. The predicted molar refractivity (Wildman–Crippen MR) is 139 cm³/mol. The lowest BCUT2D eigenvalue weighted by Gasteiger charge is -2.51. The summed E-state index contributed by atoms with van der Waals surface area (Å²) >= 11 is 0. The van der Waals surface area contributed by atoms with Crippen molar-refractivity contribution in [2.75, 3.05) is 6.61 Å². The summed E-state index contributed by atoms with van der Waals surface area (Å²) in [6.07, 6.45) is 9.49. The second-order valence-electron chi connectivity index (χ2n) is 10.3. The summed E-state index contributed by atoms with van der Waals surface area (Å²) in [5.41, 5.74) is 5.14. The van der Waals surface area contributed by atoms with E-state index in [1.54, 1.807) is 0 Å². The normalized spacial score (nSPS) is 32.4. The van der Waals surface area contributed by atoms with E-state index >= 15 is 0 Å². The summed E-state index contributed by atoms with van der Waals surface area (Å²) in [4.78, 5) is 0. The third-order valence-electron chi connectivity index (χ3n) is 8.80. The van der Waals surface area contributed by atoms with E-state index in [9.17, 15) is 0 Å². The van der Waals surface area contributed by atoms with Gasteiger partial charge in [0.2, 0.25) is 0 Å². The van der Waals surface area contributed by atoms with Gasteiger partial charge >= 0.3 is 0 Å². The van der Waals surface area contributed by atoms with E-state index in [1.165, 1.54) is 36.0 Å². The van der Waals surface area contributed by atoms with Crippen LogP contribution in [0.25, 0.3) is 5.57 Å². The van der Waals surface area contributed by atoms with E-state index in [0.29, 0.717) is 6.61 Å². The van der Waals surface area contributed by atoms with E-state index in [1.807, 2.05) is 6.92 Å². The van der Waals surface area contributed by atoms with Gasteiger partial charge in [0.05, 0.1) is 6.61 Å². The lowest BCUT2D eigenvalue weighted by atomic mass is 9.54. The summed E-state index contributed by atoms with van der Waals surface area (Å²) in [6, 6.07) is 9.36. The molecular formula is C31H46O. The molecule has 2 aliphatic carbocycles. The van der Waals surface area contributed by atoms with Crippen LogP contribution in [0, 0.1) is 41.4 Å². The molecule has 0 amide bonds. The Morgan fingerprint density at radius 3 is 2.06 bits per heavy atom. The van der Waals surface area contributed by atoms with E-state index < -0.39 is 0 Å². The second kappa shape index (κ2) is 10.9. The first kappa shape index (κ1) is 24.9. The van der Waals surface area contributed by atoms with Crippen LogP contribution in [-0.2, 0) is 11.2 Å². The van der Waals surface area contributed by atoms with Gasteiger partial charge in [0.15, 0.2) is 0 Å². The number of hydrogen-bond donors (Lipinski definition) is 0. The number of benzene rings is 1. The highest BCUT2D eigenvalue weighted by Crippen LogP contribution is 2.64. The number of hydrogen-bond acceptors (Lipinski definition) is 1. The van der Waals surface area contributed by atoms with Crippen molar-refractivity contribution >= 4 is 5.57 Å². The third-order valence-corrected chi connectivity index (χ3v) is 8.80. The highest BCUT2D eigenvalue weighted by Gasteiger charge is 2.59. The summed E-state index contributed by atoms with van der Waals surface area (Å²) in [5.74, 6) is 7.18. The highest BCUT2D eigenvalue weighted by molar-refractivity contribution is 5.75. The molecule has 3 rings (SSSR count). The minimum Gasteiger partial charge on any atom is -0.494 e. The summed E-state index contributed by atoms with van der Waals surface area (Å²) < 4.78 is 5.59. The monoisotopic (exact) mass is 434 g/mol. The molecule has 0 bridgehead atoms. The Balaban J connectivity index is 1.73. The Morgan fingerprint density at radius 1 is 0.906 bits per heavy atom. The zero-order chi connectivity index (χ0) is 23.4. The summed E-state index contributed by atoms with van der Waals surface area (Å²) in [5, 5.41) is 0. The fraction of sp³-hybridized carbons (Fsp3) is 0.613. The zero-order valence-electron chi connectivity index (χ0n) is 21.7. The number of allylic oxidation sites excluding steroid dienone is 4. The maximum absolute atomic E-state index is 5.59. The van der Waals surface area contributed by atoms with E-state index in [2.05, 4.69) is 84.5 Å². The van der Waals surface area contributed by atoms with Crippen LogP contribution in [0.1, 0.15) is 78.9 Å². The topological polar surface area (TPSA) is 9.23 Å². The lowest BCUT2D eigenvalue weighted by Crippen LogP contribution is -2.47. The van der Waals surface area contributed by atoms with E-state index in [4.69, 9.17) is 4.74 Å². The third kappa shape index (κ3) is 4.78. The first-order valence-electron chi connectivity index (χ1n) is 13.2. The predicted octanol–water partition coefficient (Wildman–Crippen LogP) is 8.72. The lowest BCUT2D eigenvalue weighted by molar-refractivity contribution is -0.0257. The Kier molecular flexibility index (Phi) is 8.48. The van der Waals surface area contributed by atoms with Crippen LogP contribution in [0.5, 0.6) is 0 Å². The molecule has 1 aromatic carbocycles. The minimum atomic E-state index is 0.656. The van der Waals surface area contributed by atoms with Crippen LogP contribution < -0.4 is 0 Å². The van der Waals surface area contributed by atoms with Crippen LogP contribution in [0.4, 0.5) is 0 Å². The van der Waals surface area contributed by atoms with Gasteiger partial charge in [0.1, 0.15) is 5.76 Å². The fourth-order valence-corrected chi connectivity index (χ4v) is 7.26. The Bertz CT molecular complexity index is 827. The van der Waals surface area contributed by atoms with Gasteiger partial charge in [-0.05, 0) is 96.5 Å². The van der Waals surface area contributed by atoms with Gasteiger partial charge < -0.3 is 4.74 Å². The molecule has 2 saturated carbocycles. The van der Waals surface area contributed by atoms with Crippen LogP contribution in [-0.4, -0.2) is 6.61 Å². The fourth-order valence-electron chi connectivity index (χ4n) is 7.26. The van der Waals surface area contributed by atoms with Gasteiger partial charge in [0.25, 0.3) is 0 Å². The molecule has 1 heteroatoms. The molecule has 0 aliphatic heterocycles. The second-order valence-corrected chi connectivity index (χ2v) is 10.3. The van der Waals surface area contributed by atoms with Crippen molar-refractivity contribution in [2.45, 2.75) is 74.1 Å². The molecule has 176 valence electrons. The number of fused-ring (bicyclic) bond motifs is 1. The molecule has 32 heavy (non-hydrogen) atoms. The Hall–Kier alpha value is -1.76. The van der Waals surface area contributed by atoms with Crippen molar-refractivity contribution in [3.8, 4) is 0 Å². The molecule has 2 aliphatic rings. The molecule has 2 fully saturated rings. The summed E-state index contributed by atoms with van der Waals surface area (Å²) in [6.45, 7) is 20.9. The SMILES string of the molecule is C=C(OCC)C(C)=CC(=CCC)c1ccc(CC2C(C)C3C(CC)C(CC)C(C)C23)cc1. The molecule has 0 radical (unpaired) electrons.